The smallest absolute Gasteiger partial charge is 0.411 e. The van der Waals surface area contributed by atoms with Crippen LogP contribution < -0.4 is 20.7 Å². The van der Waals surface area contributed by atoms with E-state index >= 15 is 0 Å². The van der Waals surface area contributed by atoms with Gasteiger partial charge in [0.15, 0.2) is 0 Å². The molecule has 8 heteroatoms. The molecule has 0 aliphatic carbocycles. The Balaban J connectivity index is 0.000000404. The van der Waals surface area contributed by atoms with Gasteiger partial charge in [0.2, 0.25) is 0 Å². The number of nitrogens with zero attached hydrogens (tertiary/aromatic N) is 1. The van der Waals surface area contributed by atoms with E-state index in [1.807, 2.05) is 48.5 Å². The van der Waals surface area contributed by atoms with E-state index in [1.54, 1.807) is 6.92 Å². The van der Waals surface area contributed by atoms with Crippen LogP contribution in [-0.4, -0.2) is 49.5 Å². The molecule has 8 nitrogen and oxygen atoms in total. The van der Waals surface area contributed by atoms with Crippen LogP contribution in [0, 0.1) is 0 Å². The number of carboxylic acid groups (broad SMARTS) is 1. The fourth-order valence-corrected chi connectivity index (χ4v) is 3.08. The Kier molecular flexibility index (Phi) is 13.9. The SMILES string of the molecule is CCCCOc1cc(N(CC)CC)ccc1NC(=O)OCC.NC(Cc1ccccc1)C(=O)O. The van der Waals surface area contributed by atoms with E-state index in [2.05, 4.69) is 31.0 Å². The third kappa shape index (κ3) is 10.6. The van der Waals surface area contributed by atoms with Crippen molar-refractivity contribution in [3.63, 3.8) is 0 Å². The predicted molar refractivity (Wildman–Crippen MR) is 137 cm³/mol. The summed E-state index contributed by atoms with van der Waals surface area (Å²) >= 11 is 0. The van der Waals surface area contributed by atoms with E-state index in [1.165, 1.54) is 0 Å². The first-order valence-corrected chi connectivity index (χ1v) is 11.8. The number of hydrogen-bond acceptors (Lipinski definition) is 6. The molecule has 0 saturated heterocycles. The first kappa shape index (κ1) is 28.8. The Morgan fingerprint density at radius 2 is 1.74 bits per heavy atom. The highest BCUT2D eigenvalue weighted by Gasteiger charge is 2.12. The number of carboxylic acids is 1. The van der Waals surface area contributed by atoms with E-state index in [0.29, 0.717) is 31.1 Å². The summed E-state index contributed by atoms with van der Waals surface area (Å²) < 4.78 is 10.8. The van der Waals surface area contributed by atoms with Crippen LogP contribution in [0.1, 0.15) is 46.1 Å². The molecule has 0 aliphatic rings. The molecule has 188 valence electrons. The number of aliphatic carboxylic acids is 1. The fourth-order valence-electron chi connectivity index (χ4n) is 3.08. The maximum absolute atomic E-state index is 11.6. The lowest BCUT2D eigenvalue weighted by atomic mass is 10.1. The van der Waals surface area contributed by atoms with Crippen molar-refractivity contribution < 1.29 is 24.2 Å². The first-order chi connectivity index (χ1) is 16.4. The third-order valence-electron chi connectivity index (χ3n) is 4.98. The minimum atomic E-state index is -0.959. The lowest BCUT2D eigenvalue weighted by molar-refractivity contribution is -0.138. The van der Waals surface area contributed by atoms with Gasteiger partial charge in [0.05, 0.1) is 18.9 Å². The third-order valence-corrected chi connectivity index (χ3v) is 4.98. The first-order valence-electron chi connectivity index (χ1n) is 11.8. The number of rotatable bonds is 12. The number of anilines is 2. The largest absolute Gasteiger partial charge is 0.491 e. The number of nitrogens with one attached hydrogen (secondary N) is 1. The number of carbonyl (C=O) groups is 2. The molecular formula is C26H39N3O5. The summed E-state index contributed by atoms with van der Waals surface area (Å²) in [5.74, 6) is -0.273. The molecule has 0 aromatic heterocycles. The van der Waals surface area contributed by atoms with Gasteiger partial charge >= 0.3 is 12.1 Å². The molecule has 0 radical (unpaired) electrons. The molecule has 1 atom stereocenters. The van der Waals surface area contributed by atoms with E-state index in [4.69, 9.17) is 20.3 Å². The van der Waals surface area contributed by atoms with Crippen molar-refractivity contribution in [3.8, 4) is 5.75 Å². The maximum atomic E-state index is 11.6. The molecule has 2 rings (SSSR count). The highest BCUT2D eigenvalue weighted by molar-refractivity contribution is 5.87. The van der Waals surface area contributed by atoms with Crippen LogP contribution in [0.15, 0.2) is 48.5 Å². The lowest BCUT2D eigenvalue weighted by Gasteiger charge is -2.23. The van der Waals surface area contributed by atoms with Gasteiger partial charge in [-0.1, -0.05) is 43.7 Å². The van der Waals surface area contributed by atoms with Crippen LogP contribution in [0.2, 0.25) is 0 Å². The molecule has 0 spiro atoms. The van der Waals surface area contributed by atoms with Crippen LogP contribution in [0.5, 0.6) is 5.75 Å². The zero-order valence-corrected chi connectivity index (χ0v) is 20.8. The van der Waals surface area contributed by atoms with Crippen molar-refractivity contribution >= 4 is 23.4 Å². The minimum Gasteiger partial charge on any atom is -0.491 e. The topological polar surface area (TPSA) is 114 Å². The highest BCUT2D eigenvalue weighted by Crippen LogP contribution is 2.30. The summed E-state index contributed by atoms with van der Waals surface area (Å²) in [6, 6.07) is 14.4. The standard InChI is InChI=1S/C17H28N2O3.C9H11NO2/c1-5-9-12-22-16-13-14(19(6-2)7-3)10-11-15(16)18-17(20)21-8-4;10-8(9(11)12)6-7-4-2-1-3-5-7/h10-11,13H,5-9,12H2,1-4H3,(H,18,20);1-5,8H,6,10H2,(H,11,12). The zero-order chi connectivity index (χ0) is 25.3. The molecule has 0 bridgehead atoms. The van der Waals surface area contributed by atoms with Crippen LogP contribution >= 0.6 is 0 Å². The van der Waals surface area contributed by atoms with E-state index < -0.39 is 18.1 Å². The summed E-state index contributed by atoms with van der Waals surface area (Å²) in [6.45, 7) is 11.0. The van der Waals surface area contributed by atoms with Crippen molar-refractivity contribution in [2.45, 2.75) is 53.0 Å². The summed E-state index contributed by atoms with van der Waals surface area (Å²) in [5.41, 5.74) is 8.03. The summed E-state index contributed by atoms with van der Waals surface area (Å²) in [4.78, 5) is 24.2. The van der Waals surface area contributed by atoms with Crippen LogP contribution in [0.4, 0.5) is 16.2 Å². The van der Waals surface area contributed by atoms with Gasteiger partial charge in [0.1, 0.15) is 11.8 Å². The number of ether oxygens (including phenoxy) is 2. The molecule has 34 heavy (non-hydrogen) atoms. The number of hydrogen-bond donors (Lipinski definition) is 3. The minimum absolute atomic E-state index is 0.343. The second kappa shape index (κ2) is 16.4. The number of carbonyl (C=O) groups excluding carboxylic acids is 1. The number of nitrogens with two attached hydrogens (primary N) is 1. The van der Waals surface area contributed by atoms with E-state index in [9.17, 15) is 9.59 Å². The Bertz CT molecular complexity index is 857. The fraction of sp³-hybridized carbons (Fsp3) is 0.462. The molecule has 0 aliphatic heterocycles. The number of benzene rings is 2. The molecule has 4 N–H and O–H groups in total. The summed E-state index contributed by atoms with van der Waals surface area (Å²) in [6.07, 6.45) is 1.97. The van der Waals surface area contributed by atoms with Gasteiger partial charge in [0.25, 0.3) is 0 Å². The molecule has 0 heterocycles. The van der Waals surface area contributed by atoms with Crippen molar-refractivity contribution in [3.05, 3.63) is 54.1 Å². The zero-order valence-electron chi connectivity index (χ0n) is 20.8. The van der Waals surface area contributed by atoms with Crippen LogP contribution in [0.3, 0.4) is 0 Å². The second-order valence-corrected chi connectivity index (χ2v) is 7.53. The Hall–Kier alpha value is -3.26. The average molecular weight is 474 g/mol. The van der Waals surface area contributed by atoms with E-state index in [-0.39, 0.29) is 0 Å². The molecule has 0 saturated carbocycles. The Morgan fingerprint density at radius 1 is 1.06 bits per heavy atom. The highest BCUT2D eigenvalue weighted by atomic mass is 16.5. The predicted octanol–water partition coefficient (Wildman–Crippen LogP) is 4.92. The van der Waals surface area contributed by atoms with Gasteiger partial charge in [-0.2, -0.15) is 0 Å². The van der Waals surface area contributed by atoms with Crippen LogP contribution in [0.25, 0.3) is 0 Å². The Morgan fingerprint density at radius 3 is 2.29 bits per heavy atom. The molecule has 1 unspecified atom stereocenters. The number of unbranched alkanes of at least 4 members (excludes halogenated alkanes) is 1. The van der Waals surface area contributed by atoms with Gasteiger partial charge in [-0.25, -0.2) is 4.79 Å². The monoisotopic (exact) mass is 473 g/mol. The van der Waals surface area contributed by atoms with Gasteiger partial charge < -0.3 is 25.2 Å². The van der Waals surface area contributed by atoms with Gasteiger partial charge in [-0.05, 0) is 51.3 Å². The maximum Gasteiger partial charge on any atom is 0.411 e. The molecular weight excluding hydrogens is 434 g/mol. The van der Waals surface area contributed by atoms with Crippen molar-refractivity contribution in [2.75, 3.05) is 36.5 Å². The van der Waals surface area contributed by atoms with Crippen molar-refractivity contribution in [2.24, 2.45) is 5.73 Å². The number of amides is 1. The summed E-state index contributed by atoms with van der Waals surface area (Å²) in [5, 5.41) is 11.3. The second-order valence-electron chi connectivity index (χ2n) is 7.53. The van der Waals surface area contributed by atoms with Crippen LogP contribution in [-0.2, 0) is 16.0 Å². The normalized spacial score (nSPS) is 11.0. The lowest BCUT2D eigenvalue weighted by Crippen LogP contribution is -2.32. The molecule has 2 aromatic rings. The average Bonchev–Trinajstić information content (AvgIpc) is 2.82. The van der Waals surface area contributed by atoms with Gasteiger partial charge in [0, 0.05) is 24.8 Å². The molecule has 1 amide bonds. The van der Waals surface area contributed by atoms with Gasteiger partial charge in [-0.15, -0.1) is 0 Å². The van der Waals surface area contributed by atoms with Gasteiger partial charge in [-0.3, -0.25) is 10.1 Å². The molecule has 0 fully saturated rings. The van der Waals surface area contributed by atoms with E-state index in [0.717, 1.165) is 37.2 Å². The quantitative estimate of drug-likeness (QED) is 0.375. The molecule has 2 aromatic carbocycles. The Labute approximate surface area is 203 Å². The summed E-state index contributed by atoms with van der Waals surface area (Å²) in [7, 11) is 0. The van der Waals surface area contributed by atoms with Crippen molar-refractivity contribution in [1.29, 1.82) is 0 Å². The van der Waals surface area contributed by atoms with Crippen molar-refractivity contribution in [1.82, 2.24) is 0 Å².